The molecule has 7 heteroatoms. The van der Waals surface area contributed by atoms with Gasteiger partial charge in [0.15, 0.2) is 9.84 Å². The third-order valence-electron chi connectivity index (χ3n) is 7.06. The number of hydrogen-bond acceptors (Lipinski definition) is 4. The molecule has 1 aliphatic heterocycles. The zero-order chi connectivity index (χ0) is 22.8. The molecular weight excluding hydrogens is 444 g/mol. The maximum Gasteiger partial charge on any atom is 0.230 e. The van der Waals surface area contributed by atoms with Crippen molar-refractivity contribution in [3.05, 3.63) is 59.1 Å². The number of rotatable bonds is 6. The topological polar surface area (TPSA) is 66.5 Å². The van der Waals surface area contributed by atoms with Crippen molar-refractivity contribution in [1.29, 1.82) is 0 Å². The van der Waals surface area contributed by atoms with Crippen LogP contribution in [-0.4, -0.2) is 39.2 Å². The first-order valence-electron chi connectivity index (χ1n) is 11.5. The number of piperidine rings is 1. The van der Waals surface area contributed by atoms with E-state index in [1.807, 2.05) is 36.4 Å². The SMILES string of the molecule is CCS(=O)(=O)c1ccc(N2CCC(NC(=O)C3(c4ccc(Cl)cc4)CCCC3)CC2)cc1. The molecule has 1 amide bonds. The first-order valence-corrected chi connectivity index (χ1v) is 13.5. The van der Waals surface area contributed by atoms with Gasteiger partial charge >= 0.3 is 0 Å². The monoisotopic (exact) mass is 474 g/mol. The van der Waals surface area contributed by atoms with Crippen LogP contribution in [0.5, 0.6) is 0 Å². The molecule has 1 N–H and O–H groups in total. The Bertz CT molecular complexity index is 1040. The zero-order valence-electron chi connectivity index (χ0n) is 18.5. The highest BCUT2D eigenvalue weighted by atomic mass is 35.5. The number of benzene rings is 2. The summed E-state index contributed by atoms with van der Waals surface area (Å²) >= 11 is 6.07. The van der Waals surface area contributed by atoms with E-state index in [0.717, 1.165) is 62.9 Å². The van der Waals surface area contributed by atoms with Gasteiger partial charge in [0.2, 0.25) is 5.91 Å². The average molecular weight is 475 g/mol. The Hall–Kier alpha value is -2.05. The second kappa shape index (κ2) is 9.44. The number of halogens is 1. The van der Waals surface area contributed by atoms with Gasteiger partial charge in [0.25, 0.3) is 0 Å². The molecule has 1 aliphatic carbocycles. The Kier molecular flexibility index (Phi) is 6.82. The lowest BCUT2D eigenvalue weighted by Crippen LogP contribution is -2.50. The zero-order valence-corrected chi connectivity index (χ0v) is 20.1. The summed E-state index contributed by atoms with van der Waals surface area (Å²) < 4.78 is 24.1. The van der Waals surface area contributed by atoms with E-state index in [-0.39, 0.29) is 17.7 Å². The highest BCUT2D eigenvalue weighted by Crippen LogP contribution is 2.42. The number of hydrogen-bond donors (Lipinski definition) is 1. The van der Waals surface area contributed by atoms with E-state index in [4.69, 9.17) is 11.6 Å². The first kappa shape index (κ1) is 23.1. The summed E-state index contributed by atoms with van der Waals surface area (Å²) in [5.74, 6) is 0.250. The van der Waals surface area contributed by atoms with Gasteiger partial charge in [0.05, 0.1) is 16.1 Å². The number of nitrogens with one attached hydrogen (secondary N) is 1. The molecule has 1 saturated heterocycles. The molecule has 172 valence electrons. The summed E-state index contributed by atoms with van der Waals surface area (Å²) in [5, 5.41) is 4.04. The first-order chi connectivity index (χ1) is 15.3. The molecule has 0 unspecified atom stereocenters. The average Bonchev–Trinajstić information content (AvgIpc) is 3.31. The van der Waals surface area contributed by atoms with Crippen LogP contribution in [0.15, 0.2) is 53.4 Å². The van der Waals surface area contributed by atoms with Crippen molar-refractivity contribution in [1.82, 2.24) is 5.32 Å². The van der Waals surface area contributed by atoms with Crippen LogP contribution in [0.25, 0.3) is 0 Å². The van der Waals surface area contributed by atoms with Gasteiger partial charge in [-0.2, -0.15) is 0 Å². The van der Waals surface area contributed by atoms with Crippen LogP contribution in [0.3, 0.4) is 0 Å². The molecular formula is C25H31ClN2O3S. The summed E-state index contributed by atoms with van der Waals surface area (Å²) in [5.41, 5.74) is 1.65. The van der Waals surface area contributed by atoms with E-state index < -0.39 is 15.3 Å². The molecule has 2 aromatic carbocycles. The van der Waals surface area contributed by atoms with Crippen molar-refractivity contribution < 1.29 is 13.2 Å². The molecule has 0 spiro atoms. The fraction of sp³-hybridized carbons (Fsp3) is 0.480. The number of anilines is 1. The van der Waals surface area contributed by atoms with Crippen LogP contribution in [0.2, 0.25) is 5.02 Å². The molecule has 0 bridgehead atoms. The predicted octanol–water partition coefficient (Wildman–Crippen LogP) is 4.73. The Labute approximate surface area is 196 Å². The van der Waals surface area contributed by atoms with Gasteiger partial charge in [-0.1, -0.05) is 43.5 Å². The molecule has 4 rings (SSSR count). The van der Waals surface area contributed by atoms with Gasteiger partial charge in [-0.15, -0.1) is 0 Å². The van der Waals surface area contributed by atoms with Crippen LogP contribution < -0.4 is 10.2 Å². The fourth-order valence-electron chi connectivity index (χ4n) is 5.03. The molecule has 2 aromatic rings. The molecule has 0 aromatic heterocycles. The normalized spacial score (nSPS) is 19.1. The quantitative estimate of drug-likeness (QED) is 0.657. The molecule has 5 nitrogen and oxygen atoms in total. The molecule has 2 fully saturated rings. The van der Waals surface area contributed by atoms with E-state index >= 15 is 0 Å². The summed E-state index contributed by atoms with van der Waals surface area (Å²) in [6, 6.07) is 15.1. The van der Waals surface area contributed by atoms with E-state index in [1.165, 1.54) is 0 Å². The molecule has 2 aliphatic rings. The molecule has 0 radical (unpaired) electrons. The lowest BCUT2D eigenvalue weighted by Gasteiger charge is -2.36. The van der Waals surface area contributed by atoms with Crippen molar-refractivity contribution in [2.24, 2.45) is 0 Å². The van der Waals surface area contributed by atoms with E-state index in [9.17, 15) is 13.2 Å². The maximum atomic E-state index is 13.4. The molecule has 0 atom stereocenters. The van der Waals surface area contributed by atoms with Crippen molar-refractivity contribution in [3.63, 3.8) is 0 Å². The van der Waals surface area contributed by atoms with E-state index in [1.54, 1.807) is 19.1 Å². The third-order valence-corrected chi connectivity index (χ3v) is 9.06. The Balaban J connectivity index is 1.38. The summed E-state index contributed by atoms with van der Waals surface area (Å²) in [7, 11) is -3.18. The van der Waals surface area contributed by atoms with E-state index in [0.29, 0.717) is 9.92 Å². The highest BCUT2D eigenvalue weighted by Gasteiger charge is 2.43. The van der Waals surface area contributed by atoms with Crippen LogP contribution >= 0.6 is 11.6 Å². The van der Waals surface area contributed by atoms with Crippen molar-refractivity contribution in [2.75, 3.05) is 23.7 Å². The molecule has 1 heterocycles. The number of amides is 1. The van der Waals surface area contributed by atoms with Gasteiger partial charge in [0.1, 0.15) is 0 Å². The predicted molar refractivity (Wildman–Crippen MR) is 129 cm³/mol. The summed E-state index contributed by atoms with van der Waals surface area (Å²) in [6.07, 6.45) is 5.64. The van der Waals surface area contributed by atoms with Gasteiger partial charge in [-0.25, -0.2) is 8.42 Å². The Morgan fingerprint density at radius 2 is 1.62 bits per heavy atom. The number of sulfone groups is 1. The minimum absolute atomic E-state index is 0.106. The van der Waals surface area contributed by atoms with Crippen LogP contribution in [0, 0.1) is 0 Å². The van der Waals surface area contributed by atoms with Crippen LogP contribution in [0.1, 0.15) is 51.0 Å². The second-order valence-electron chi connectivity index (χ2n) is 8.93. The fourth-order valence-corrected chi connectivity index (χ4v) is 6.04. The Morgan fingerprint density at radius 3 is 2.19 bits per heavy atom. The summed E-state index contributed by atoms with van der Waals surface area (Å²) in [6.45, 7) is 3.32. The minimum Gasteiger partial charge on any atom is -0.371 e. The number of nitrogens with zero attached hydrogens (tertiary/aromatic N) is 1. The maximum absolute atomic E-state index is 13.4. The standard InChI is InChI=1S/C25H31ClN2O3S/c1-2-32(30,31)23-11-9-22(10-12-23)28-17-13-21(14-18-28)27-24(29)25(15-3-4-16-25)19-5-7-20(26)8-6-19/h5-12,21H,2-4,13-18H2,1H3,(H,27,29). The smallest absolute Gasteiger partial charge is 0.230 e. The lowest BCUT2D eigenvalue weighted by atomic mass is 9.77. The summed E-state index contributed by atoms with van der Waals surface area (Å²) in [4.78, 5) is 16.0. The van der Waals surface area contributed by atoms with Crippen molar-refractivity contribution in [2.45, 2.75) is 61.8 Å². The van der Waals surface area contributed by atoms with Crippen LogP contribution in [0.4, 0.5) is 5.69 Å². The third kappa shape index (κ3) is 4.67. The highest BCUT2D eigenvalue weighted by molar-refractivity contribution is 7.91. The second-order valence-corrected chi connectivity index (χ2v) is 11.6. The van der Waals surface area contributed by atoms with Gasteiger partial charge in [-0.3, -0.25) is 4.79 Å². The van der Waals surface area contributed by atoms with Crippen molar-refractivity contribution >= 4 is 33.0 Å². The minimum atomic E-state index is -3.18. The van der Waals surface area contributed by atoms with Crippen molar-refractivity contribution in [3.8, 4) is 0 Å². The van der Waals surface area contributed by atoms with Gasteiger partial charge in [-0.05, 0) is 67.6 Å². The number of carbonyl (C=O) groups excluding carboxylic acids is 1. The van der Waals surface area contributed by atoms with Crippen LogP contribution in [-0.2, 0) is 20.0 Å². The van der Waals surface area contributed by atoms with E-state index in [2.05, 4.69) is 10.2 Å². The van der Waals surface area contributed by atoms with Gasteiger partial charge < -0.3 is 10.2 Å². The Morgan fingerprint density at radius 1 is 1.03 bits per heavy atom. The molecule has 1 saturated carbocycles. The largest absolute Gasteiger partial charge is 0.371 e. The number of carbonyl (C=O) groups is 1. The molecule has 32 heavy (non-hydrogen) atoms. The van der Waals surface area contributed by atoms with Gasteiger partial charge in [0, 0.05) is 29.8 Å². The lowest BCUT2D eigenvalue weighted by molar-refractivity contribution is -0.127.